The number of hydrogen-bond donors (Lipinski definition) is 0. The van der Waals surface area contributed by atoms with Crippen molar-refractivity contribution in [2.45, 2.75) is 0 Å². The number of nitriles is 1. The Bertz CT molecular complexity index is 173. The second kappa shape index (κ2) is 1.39. The summed E-state index contributed by atoms with van der Waals surface area (Å²) in [5.74, 6) is 0. The van der Waals surface area contributed by atoms with Gasteiger partial charge in [-0.15, -0.1) is 0 Å². The van der Waals surface area contributed by atoms with Gasteiger partial charge in [-0.25, -0.2) is 4.63 Å². The number of hydrogen-bond acceptors (Lipinski definition) is 4. The van der Waals surface area contributed by atoms with E-state index in [4.69, 9.17) is 5.26 Å². The highest BCUT2D eigenvalue weighted by Crippen LogP contribution is 1.82. The molecule has 0 N–H and O–H groups in total. The summed E-state index contributed by atoms with van der Waals surface area (Å²) in [5, 5.41) is 14.4. The molecule has 0 amide bonds. The first-order valence-electron chi connectivity index (χ1n) is 1.61. The van der Waals surface area contributed by atoms with Crippen molar-refractivity contribution in [1.29, 1.82) is 5.26 Å². The zero-order valence-electron chi connectivity index (χ0n) is 3.33. The third-order valence-corrected chi connectivity index (χ3v) is 0.476. The minimum atomic E-state index is 0.208. The molecule has 4 nitrogen and oxygen atoms in total. The topological polar surface area (TPSA) is 62.7 Å². The normalized spacial score (nSPS) is 7.86. The van der Waals surface area contributed by atoms with E-state index >= 15 is 0 Å². The molecule has 0 aliphatic carbocycles. The Morgan fingerprint density at radius 3 is 3.00 bits per heavy atom. The van der Waals surface area contributed by atoms with Gasteiger partial charge in [0, 0.05) is 0 Å². The molecule has 34 valence electrons. The smallest absolute Gasteiger partial charge is 0.204 e. The Balaban J connectivity index is 3.04. The van der Waals surface area contributed by atoms with E-state index < -0.39 is 0 Å². The van der Waals surface area contributed by atoms with Gasteiger partial charge in [0.2, 0.25) is 5.69 Å². The quantitative estimate of drug-likeness (QED) is 0.453. The molecule has 7 heavy (non-hydrogen) atoms. The van der Waals surface area contributed by atoms with Gasteiger partial charge in [-0.2, -0.15) is 5.26 Å². The summed E-state index contributed by atoms with van der Waals surface area (Å²) in [4.78, 5) is 0. The van der Waals surface area contributed by atoms with E-state index in [1.165, 1.54) is 6.20 Å². The monoisotopic (exact) mass is 95.0 g/mol. The SMILES string of the molecule is N#Cc1cnon1. The molecule has 0 fully saturated rings. The highest BCUT2D eigenvalue weighted by Gasteiger charge is 1.88. The van der Waals surface area contributed by atoms with Gasteiger partial charge in [0.25, 0.3) is 0 Å². The predicted octanol–water partition coefficient (Wildman–Crippen LogP) is -0.0587. The fourth-order valence-electron chi connectivity index (χ4n) is 0.214. The van der Waals surface area contributed by atoms with Gasteiger partial charge >= 0.3 is 0 Å². The van der Waals surface area contributed by atoms with E-state index in [2.05, 4.69) is 14.9 Å². The lowest BCUT2D eigenvalue weighted by Crippen LogP contribution is -1.64. The highest BCUT2D eigenvalue weighted by molar-refractivity contribution is 5.11. The maximum absolute atomic E-state index is 8.01. The van der Waals surface area contributed by atoms with Crippen molar-refractivity contribution >= 4 is 0 Å². The first-order valence-corrected chi connectivity index (χ1v) is 1.61. The van der Waals surface area contributed by atoms with Gasteiger partial charge in [0.1, 0.15) is 12.3 Å². The Morgan fingerprint density at radius 1 is 1.86 bits per heavy atom. The Kier molecular flexibility index (Phi) is 0.755. The van der Waals surface area contributed by atoms with E-state index in [-0.39, 0.29) is 5.69 Å². The first kappa shape index (κ1) is 3.81. The zero-order chi connectivity index (χ0) is 5.11. The summed E-state index contributed by atoms with van der Waals surface area (Å²) < 4.78 is 4.08. The van der Waals surface area contributed by atoms with E-state index in [1.54, 1.807) is 6.07 Å². The number of rotatable bonds is 0. The minimum absolute atomic E-state index is 0.208. The first-order chi connectivity index (χ1) is 3.43. The fraction of sp³-hybridized carbons (Fsp3) is 0. The maximum atomic E-state index is 8.01. The van der Waals surface area contributed by atoms with Crippen molar-refractivity contribution in [2.24, 2.45) is 0 Å². The lowest BCUT2D eigenvalue weighted by molar-refractivity contribution is 0.306. The standard InChI is InChI=1S/C3HN3O/c4-1-3-2-5-7-6-3/h2H. The Labute approximate surface area is 39.3 Å². The maximum Gasteiger partial charge on any atom is 0.204 e. The molecular weight excluding hydrogens is 94.1 g/mol. The zero-order valence-corrected chi connectivity index (χ0v) is 3.33. The molecule has 0 aliphatic heterocycles. The van der Waals surface area contributed by atoms with Gasteiger partial charge in [-0.05, 0) is 5.16 Å². The second-order valence-electron chi connectivity index (χ2n) is 0.904. The summed E-state index contributed by atoms with van der Waals surface area (Å²) in [6.07, 6.45) is 1.25. The molecular formula is C3HN3O. The summed E-state index contributed by atoms with van der Waals surface area (Å²) >= 11 is 0. The van der Waals surface area contributed by atoms with Crippen LogP contribution < -0.4 is 0 Å². The molecule has 0 spiro atoms. The summed E-state index contributed by atoms with van der Waals surface area (Å²) in [6, 6.07) is 1.74. The molecule has 0 atom stereocenters. The van der Waals surface area contributed by atoms with Gasteiger partial charge in [-0.1, -0.05) is 5.16 Å². The van der Waals surface area contributed by atoms with Crippen molar-refractivity contribution in [3.63, 3.8) is 0 Å². The van der Waals surface area contributed by atoms with Crippen LogP contribution in [-0.2, 0) is 0 Å². The largest absolute Gasteiger partial charge is 0.243 e. The second-order valence-corrected chi connectivity index (χ2v) is 0.904. The fourth-order valence-corrected chi connectivity index (χ4v) is 0.214. The van der Waals surface area contributed by atoms with E-state index in [1.807, 2.05) is 0 Å². The van der Waals surface area contributed by atoms with Crippen LogP contribution in [0.4, 0.5) is 0 Å². The number of nitrogens with zero attached hydrogens (tertiary/aromatic N) is 3. The molecule has 0 aromatic carbocycles. The van der Waals surface area contributed by atoms with Crippen LogP contribution in [0, 0.1) is 11.3 Å². The molecule has 0 radical (unpaired) electrons. The lowest BCUT2D eigenvalue weighted by Gasteiger charge is -1.55. The third-order valence-electron chi connectivity index (χ3n) is 0.476. The predicted molar refractivity (Wildman–Crippen MR) is 19.0 cm³/mol. The Morgan fingerprint density at radius 2 is 2.71 bits per heavy atom. The van der Waals surface area contributed by atoms with Crippen LogP contribution in [0.15, 0.2) is 10.8 Å². The van der Waals surface area contributed by atoms with Crippen LogP contribution in [0.5, 0.6) is 0 Å². The third kappa shape index (κ3) is 0.550. The van der Waals surface area contributed by atoms with Crippen LogP contribution >= 0.6 is 0 Å². The Hall–Kier alpha value is -1.37. The molecule has 4 heteroatoms. The molecule has 1 aromatic heterocycles. The van der Waals surface area contributed by atoms with Gasteiger partial charge in [-0.3, -0.25) is 0 Å². The molecule has 1 heterocycles. The average molecular weight is 95.1 g/mol. The molecule has 0 saturated carbocycles. The van der Waals surface area contributed by atoms with Crippen molar-refractivity contribution < 1.29 is 4.63 Å². The van der Waals surface area contributed by atoms with Crippen molar-refractivity contribution in [2.75, 3.05) is 0 Å². The summed E-state index contributed by atoms with van der Waals surface area (Å²) in [7, 11) is 0. The van der Waals surface area contributed by atoms with Crippen LogP contribution in [-0.4, -0.2) is 10.3 Å². The molecule has 1 aromatic rings. The highest BCUT2D eigenvalue weighted by atomic mass is 16.6. The van der Waals surface area contributed by atoms with Gasteiger partial charge in [0.15, 0.2) is 0 Å². The van der Waals surface area contributed by atoms with Crippen LogP contribution in [0.2, 0.25) is 0 Å². The van der Waals surface area contributed by atoms with Crippen molar-refractivity contribution in [3.05, 3.63) is 11.9 Å². The molecule has 0 aliphatic rings. The summed E-state index contributed by atoms with van der Waals surface area (Å²) in [5.41, 5.74) is 0.208. The van der Waals surface area contributed by atoms with Gasteiger partial charge < -0.3 is 0 Å². The van der Waals surface area contributed by atoms with Crippen LogP contribution in [0.3, 0.4) is 0 Å². The van der Waals surface area contributed by atoms with Crippen molar-refractivity contribution in [1.82, 2.24) is 10.3 Å². The van der Waals surface area contributed by atoms with Crippen molar-refractivity contribution in [3.8, 4) is 6.07 Å². The lowest BCUT2D eigenvalue weighted by atomic mass is 10.6. The molecule has 1 rings (SSSR count). The van der Waals surface area contributed by atoms with Gasteiger partial charge in [0.05, 0.1) is 0 Å². The summed E-state index contributed by atoms with van der Waals surface area (Å²) in [6.45, 7) is 0. The molecule has 0 unspecified atom stereocenters. The molecule has 0 bridgehead atoms. The molecule has 0 saturated heterocycles. The van der Waals surface area contributed by atoms with E-state index in [0.717, 1.165) is 0 Å². The van der Waals surface area contributed by atoms with E-state index in [0.29, 0.717) is 0 Å². The van der Waals surface area contributed by atoms with E-state index in [9.17, 15) is 0 Å². The minimum Gasteiger partial charge on any atom is -0.243 e. The number of aromatic nitrogens is 2. The average Bonchev–Trinajstić information content (AvgIpc) is 2.14. The van der Waals surface area contributed by atoms with Crippen LogP contribution in [0.25, 0.3) is 0 Å². The van der Waals surface area contributed by atoms with Crippen LogP contribution in [0.1, 0.15) is 5.69 Å².